The van der Waals surface area contributed by atoms with E-state index in [9.17, 15) is 9.59 Å². The second-order valence-electron chi connectivity index (χ2n) is 6.61. The zero-order chi connectivity index (χ0) is 17.6. The largest absolute Gasteiger partial charge is 0.385 e. The number of nitrogens with zero attached hydrogens (tertiary/aromatic N) is 3. The van der Waals surface area contributed by atoms with Crippen molar-refractivity contribution in [2.75, 3.05) is 24.1 Å². The van der Waals surface area contributed by atoms with E-state index in [1.54, 1.807) is 11.8 Å². The number of hydrogen-bond donors (Lipinski definition) is 2. The average molecular weight is 339 g/mol. The van der Waals surface area contributed by atoms with Crippen LogP contribution in [0.25, 0.3) is 0 Å². The number of anilines is 2. The number of fused-ring (bicyclic) bond motifs is 2. The van der Waals surface area contributed by atoms with E-state index < -0.39 is 0 Å². The Hall–Kier alpha value is -2.83. The molecule has 0 spiro atoms. The lowest BCUT2D eigenvalue weighted by atomic mass is 9.90. The molecule has 0 saturated carbocycles. The molecule has 2 aromatic rings. The summed E-state index contributed by atoms with van der Waals surface area (Å²) >= 11 is 0. The summed E-state index contributed by atoms with van der Waals surface area (Å²) in [5.41, 5.74) is 9.84. The topological polar surface area (TPSA) is 93.2 Å². The van der Waals surface area contributed by atoms with E-state index in [2.05, 4.69) is 10.4 Å². The van der Waals surface area contributed by atoms with Gasteiger partial charge < -0.3 is 16.0 Å². The maximum atomic E-state index is 13.1. The van der Waals surface area contributed by atoms with Crippen molar-refractivity contribution in [2.24, 2.45) is 0 Å². The number of nitrogens with two attached hydrogens (primary N) is 1. The van der Waals surface area contributed by atoms with Gasteiger partial charge in [0.2, 0.25) is 5.91 Å². The monoisotopic (exact) mass is 339 g/mol. The van der Waals surface area contributed by atoms with Gasteiger partial charge in [0.25, 0.3) is 5.91 Å². The van der Waals surface area contributed by atoms with Crippen LogP contribution < -0.4 is 11.1 Å². The van der Waals surface area contributed by atoms with Gasteiger partial charge in [-0.1, -0.05) is 18.2 Å². The number of benzene rings is 1. The Balaban J connectivity index is 1.68. The van der Waals surface area contributed by atoms with Gasteiger partial charge in [-0.2, -0.15) is 9.78 Å². The maximum absolute atomic E-state index is 13.1. The number of carbonyl (C=O) groups excluding carboxylic acids is 2. The van der Waals surface area contributed by atoms with Crippen LogP contribution in [0, 0.1) is 0 Å². The second kappa shape index (κ2) is 5.91. The molecule has 130 valence electrons. The first-order chi connectivity index (χ1) is 12.1. The number of carbonyl (C=O) groups is 2. The first-order valence-corrected chi connectivity index (χ1v) is 8.55. The standard InChI is InChI=1S/C18H21N5O2/c1-11(24)22-9-7-14-16(10-22)21-23(17(14)19)18(25)13-6-8-20-15-5-3-2-4-12(13)15/h2-5,13,20H,6-10,19H2,1H3. The minimum absolute atomic E-state index is 0.0115. The summed E-state index contributed by atoms with van der Waals surface area (Å²) < 4.78 is 1.35. The lowest BCUT2D eigenvalue weighted by Gasteiger charge is -2.25. The fourth-order valence-corrected chi connectivity index (χ4v) is 3.73. The molecule has 0 saturated heterocycles. The van der Waals surface area contributed by atoms with Crippen molar-refractivity contribution in [1.82, 2.24) is 14.7 Å². The highest BCUT2D eigenvalue weighted by atomic mass is 16.2. The van der Waals surface area contributed by atoms with Gasteiger partial charge in [-0.05, 0) is 24.5 Å². The Kier molecular flexibility index (Phi) is 3.71. The lowest BCUT2D eigenvalue weighted by Crippen LogP contribution is -2.34. The molecule has 25 heavy (non-hydrogen) atoms. The number of nitrogens with one attached hydrogen (secondary N) is 1. The first-order valence-electron chi connectivity index (χ1n) is 8.55. The molecule has 4 rings (SSSR count). The van der Waals surface area contributed by atoms with Crippen LogP contribution >= 0.6 is 0 Å². The minimum atomic E-state index is -0.259. The Labute approximate surface area is 145 Å². The fraction of sp³-hybridized carbons (Fsp3) is 0.389. The molecule has 2 aliphatic rings. The molecule has 1 amide bonds. The number of aromatic nitrogens is 2. The van der Waals surface area contributed by atoms with Crippen molar-refractivity contribution < 1.29 is 9.59 Å². The summed E-state index contributed by atoms with van der Waals surface area (Å²) in [4.78, 5) is 26.5. The van der Waals surface area contributed by atoms with Gasteiger partial charge in [-0.15, -0.1) is 0 Å². The molecule has 1 aromatic carbocycles. The summed E-state index contributed by atoms with van der Waals surface area (Å²) in [5.74, 6) is 0.0665. The third-order valence-corrected chi connectivity index (χ3v) is 5.12. The number of hydrogen-bond acceptors (Lipinski definition) is 5. The summed E-state index contributed by atoms with van der Waals surface area (Å²) in [6, 6.07) is 7.85. The normalized spacial score (nSPS) is 18.9. The van der Waals surface area contributed by atoms with E-state index in [4.69, 9.17) is 5.73 Å². The van der Waals surface area contributed by atoms with Gasteiger partial charge >= 0.3 is 0 Å². The van der Waals surface area contributed by atoms with Crippen molar-refractivity contribution in [2.45, 2.75) is 32.2 Å². The van der Waals surface area contributed by atoms with Crippen LogP contribution in [0.4, 0.5) is 11.5 Å². The van der Waals surface area contributed by atoms with Crippen molar-refractivity contribution >= 4 is 23.3 Å². The number of rotatable bonds is 1. The smallest absolute Gasteiger partial charge is 0.256 e. The first kappa shape index (κ1) is 15.7. The van der Waals surface area contributed by atoms with Crippen molar-refractivity contribution in [3.8, 4) is 0 Å². The van der Waals surface area contributed by atoms with Gasteiger partial charge in [0.1, 0.15) is 5.82 Å². The molecule has 0 fully saturated rings. The SMILES string of the molecule is CC(=O)N1CCc2c(nn(C(=O)C3CCNc4ccccc43)c2N)C1. The van der Waals surface area contributed by atoms with E-state index in [1.807, 2.05) is 24.3 Å². The van der Waals surface area contributed by atoms with E-state index in [1.165, 1.54) is 4.68 Å². The maximum Gasteiger partial charge on any atom is 0.256 e. The van der Waals surface area contributed by atoms with Crippen LogP contribution in [0.2, 0.25) is 0 Å². The van der Waals surface area contributed by atoms with Gasteiger partial charge in [-0.25, -0.2) is 0 Å². The molecule has 1 aromatic heterocycles. The highest BCUT2D eigenvalue weighted by Gasteiger charge is 2.32. The number of para-hydroxylation sites is 1. The van der Waals surface area contributed by atoms with Crippen molar-refractivity contribution in [3.63, 3.8) is 0 Å². The molecule has 3 heterocycles. The van der Waals surface area contributed by atoms with Crippen LogP contribution in [0.15, 0.2) is 24.3 Å². The molecule has 1 unspecified atom stereocenters. The minimum Gasteiger partial charge on any atom is -0.385 e. The zero-order valence-electron chi connectivity index (χ0n) is 14.2. The van der Waals surface area contributed by atoms with E-state index in [0.29, 0.717) is 31.7 Å². The number of nitrogen functional groups attached to an aromatic ring is 1. The molecule has 0 radical (unpaired) electrons. The molecule has 7 nitrogen and oxygen atoms in total. The van der Waals surface area contributed by atoms with Crippen LogP contribution in [0.3, 0.4) is 0 Å². The molecular formula is C18H21N5O2. The molecule has 0 bridgehead atoms. The van der Waals surface area contributed by atoms with Gasteiger partial charge in [0, 0.05) is 31.3 Å². The molecule has 2 aliphatic heterocycles. The summed E-state index contributed by atoms with van der Waals surface area (Å²) in [6.07, 6.45) is 1.34. The molecule has 7 heteroatoms. The van der Waals surface area contributed by atoms with Crippen LogP contribution in [0.5, 0.6) is 0 Å². The van der Waals surface area contributed by atoms with Gasteiger partial charge in [0.15, 0.2) is 0 Å². The quantitative estimate of drug-likeness (QED) is 0.823. The third kappa shape index (κ3) is 2.56. The second-order valence-corrected chi connectivity index (χ2v) is 6.61. The third-order valence-electron chi connectivity index (χ3n) is 5.12. The highest BCUT2D eigenvalue weighted by molar-refractivity contribution is 5.90. The summed E-state index contributed by atoms with van der Waals surface area (Å²) in [6.45, 7) is 3.31. The lowest BCUT2D eigenvalue weighted by molar-refractivity contribution is -0.129. The van der Waals surface area contributed by atoms with Crippen LogP contribution in [-0.2, 0) is 17.8 Å². The Morgan fingerprint density at radius 1 is 1.32 bits per heavy atom. The zero-order valence-corrected chi connectivity index (χ0v) is 14.2. The molecule has 3 N–H and O–H groups in total. The van der Waals surface area contributed by atoms with Gasteiger partial charge in [0.05, 0.1) is 18.2 Å². The Morgan fingerprint density at radius 3 is 2.92 bits per heavy atom. The van der Waals surface area contributed by atoms with Crippen molar-refractivity contribution in [1.29, 1.82) is 0 Å². The summed E-state index contributed by atoms with van der Waals surface area (Å²) in [7, 11) is 0. The van der Waals surface area contributed by atoms with Crippen LogP contribution in [-0.4, -0.2) is 39.6 Å². The van der Waals surface area contributed by atoms with Crippen LogP contribution in [0.1, 0.15) is 40.9 Å². The average Bonchev–Trinajstić information content (AvgIpc) is 2.97. The van der Waals surface area contributed by atoms with E-state index >= 15 is 0 Å². The fourth-order valence-electron chi connectivity index (χ4n) is 3.73. The number of amides is 1. The Morgan fingerprint density at radius 2 is 2.12 bits per heavy atom. The van der Waals surface area contributed by atoms with Crippen molar-refractivity contribution in [3.05, 3.63) is 41.1 Å². The molecular weight excluding hydrogens is 318 g/mol. The summed E-state index contributed by atoms with van der Waals surface area (Å²) in [5, 5.41) is 7.78. The Bertz CT molecular complexity index is 857. The predicted octanol–water partition coefficient (Wildman–Crippen LogP) is 1.61. The highest BCUT2D eigenvalue weighted by Crippen LogP contribution is 2.34. The molecule has 1 atom stereocenters. The van der Waals surface area contributed by atoms with E-state index in [0.717, 1.165) is 29.1 Å². The van der Waals surface area contributed by atoms with E-state index in [-0.39, 0.29) is 17.7 Å². The van der Waals surface area contributed by atoms with Gasteiger partial charge in [-0.3, -0.25) is 9.59 Å². The molecule has 0 aliphatic carbocycles. The predicted molar refractivity (Wildman–Crippen MR) is 94.4 cm³/mol.